The Kier molecular flexibility index (Phi) is 9.14. The molecule has 1 fully saturated rings. The van der Waals surface area contributed by atoms with Gasteiger partial charge in [0.25, 0.3) is 0 Å². The van der Waals surface area contributed by atoms with Crippen LogP contribution in [0.1, 0.15) is 62.7 Å². The van der Waals surface area contributed by atoms with Gasteiger partial charge in [0.1, 0.15) is 6.10 Å². The van der Waals surface area contributed by atoms with Gasteiger partial charge in [-0.15, -0.1) is 0 Å². The summed E-state index contributed by atoms with van der Waals surface area (Å²) in [5.41, 5.74) is 3.74. The van der Waals surface area contributed by atoms with E-state index in [0.717, 1.165) is 18.4 Å². The van der Waals surface area contributed by atoms with Crippen LogP contribution in [-0.2, 0) is 22.4 Å². The van der Waals surface area contributed by atoms with Gasteiger partial charge in [-0.05, 0) is 42.4 Å². The zero-order chi connectivity index (χ0) is 18.2. The minimum Gasteiger partial charge on any atom is -1.00 e. The number of benzene rings is 2. The van der Waals surface area contributed by atoms with E-state index in [1.54, 1.807) is 0 Å². The predicted octanol–water partition coefficient (Wildman–Crippen LogP) is 2.45. The smallest absolute Gasteiger partial charge is 1.00 e. The molecule has 0 aliphatic carbocycles. The van der Waals surface area contributed by atoms with Crippen molar-refractivity contribution in [3.8, 4) is 0 Å². The Hall–Kier alpha value is -1.53. The van der Waals surface area contributed by atoms with Crippen molar-refractivity contribution in [2.75, 3.05) is 0 Å². The van der Waals surface area contributed by atoms with Gasteiger partial charge in [0.2, 0.25) is 0 Å². The van der Waals surface area contributed by atoms with Gasteiger partial charge >= 0.3 is 24.8 Å². The Morgan fingerprint density at radius 3 is 2.11 bits per heavy atom. The van der Waals surface area contributed by atoms with Crippen LogP contribution >= 0.6 is 0 Å². The number of ether oxygens (including phenoxy) is 1. The number of carboxylic acids is 1. The number of hydrogen-bond donors (Lipinski definition) is 1. The summed E-state index contributed by atoms with van der Waals surface area (Å²) in [7, 11) is 0. The van der Waals surface area contributed by atoms with E-state index in [4.69, 9.17) is 9.84 Å². The van der Waals surface area contributed by atoms with E-state index in [-0.39, 0.29) is 26.4 Å². The molecule has 0 bridgehead atoms. The van der Waals surface area contributed by atoms with Crippen molar-refractivity contribution in [2.24, 2.45) is 0 Å². The van der Waals surface area contributed by atoms with Crippen molar-refractivity contribution in [1.82, 2.24) is 0 Å². The third kappa shape index (κ3) is 6.85. The van der Waals surface area contributed by atoms with Crippen LogP contribution in [0.5, 0.6) is 0 Å². The zero-order valence-electron chi connectivity index (χ0n) is 17.3. The number of unbranched alkanes of at least 4 members (excludes halogenated alkanes) is 5. The van der Waals surface area contributed by atoms with Gasteiger partial charge in [-0.3, -0.25) is 0 Å². The van der Waals surface area contributed by atoms with Crippen LogP contribution in [-0.4, -0.2) is 17.2 Å². The monoisotopic (exact) mass is 360 g/mol. The number of carbonyl (C=O) groups is 1. The largest absolute Gasteiger partial charge is 1.00 e. The first-order valence-corrected chi connectivity index (χ1v) is 9.75. The molecule has 0 aromatic heterocycles. The summed E-state index contributed by atoms with van der Waals surface area (Å²) in [6.45, 7) is 0. The first-order valence-electron chi connectivity index (χ1n) is 9.75. The molecule has 0 radical (unpaired) electrons. The molecule has 0 spiro atoms. The van der Waals surface area contributed by atoms with Crippen molar-refractivity contribution in [2.45, 2.75) is 63.6 Å². The molecule has 3 rings (SSSR count). The number of epoxide rings is 1. The average Bonchev–Trinajstić information content (AvgIpc) is 3.46. The van der Waals surface area contributed by atoms with Gasteiger partial charge in [0.05, 0.1) is 0 Å². The summed E-state index contributed by atoms with van der Waals surface area (Å²) >= 11 is 0. The second-order valence-electron chi connectivity index (χ2n) is 7.12. The Morgan fingerprint density at radius 1 is 0.852 bits per heavy atom. The molecule has 4 heteroatoms. The van der Waals surface area contributed by atoms with Crippen LogP contribution < -0.4 is 18.9 Å². The maximum atomic E-state index is 11.0. The molecule has 2 atom stereocenters. The second-order valence-corrected chi connectivity index (χ2v) is 7.12. The minimum atomic E-state index is -0.861. The fraction of sp³-hybridized carbons (Fsp3) is 0.435. The molecule has 0 saturated carbocycles. The number of hydrogen-bond acceptors (Lipinski definition) is 2. The molecule has 1 aliphatic heterocycles. The zero-order valence-corrected chi connectivity index (χ0v) is 16.3. The van der Waals surface area contributed by atoms with Gasteiger partial charge in [-0.1, -0.05) is 80.3 Å². The molecule has 2 aromatic carbocycles. The maximum Gasteiger partial charge on any atom is 1.00 e. The van der Waals surface area contributed by atoms with Crippen molar-refractivity contribution < 1.29 is 34.9 Å². The number of aliphatic carboxylic acids is 1. The normalized spacial score (nSPS) is 17.9. The van der Waals surface area contributed by atoms with Gasteiger partial charge in [-0.25, -0.2) is 4.79 Å². The van der Waals surface area contributed by atoms with Crippen LogP contribution in [0.3, 0.4) is 0 Å². The van der Waals surface area contributed by atoms with E-state index >= 15 is 0 Å². The van der Waals surface area contributed by atoms with Crippen LogP contribution in [0, 0.1) is 0 Å². The van der Waals surface area contributed by atoms with Gasteiger partial charge < -0.3 is 11.3 Å². The topological polar surface area (TPSA) is 49.8 Å². The van der Waals surface area contributed by atoms with Crippen molar-refractivity contribution in [3.05, 3.63) is 71.3 Å². The quantitative estimate of drug-likeness (QED) is 0.380. The third-order valence-electron chi connectivity index (χ3n) is 5.10. The van der Waals surface area contributed by atoms with Crippen LogP contribution in [0.25, 0.3) is 0 Å². The van der Waals surface area contributed by atoms with Crippen molar-refractivity contribution >= 4 is 5.97 Å². The molecular formula is C23H29LiO3. The summed E-state index contributed by atoms with van der Waals surface area (Å²) in [6, 6.07) is 18.8. The fourth-order valence-corrected chi connectivity index (χ4v) is 3.57. The minimum absolute atomic E-state index is 0. The fourth-order valence-electron chi connectivity index (χ4n) is 3.57. The predicted molar refractivity (Wildman–Crippen MR) is 104 cm³/mol. The van der Waals surface area contributed by atoms with E-state index in [0.29, 0.717) is 0 Å². The Balaban J connectivity index is 0.00000196. The number of aryl methyl sites for hydroxylation is 2. The summed E-state index contributed by atoms with van der Waals surface area (Å²) < 4.78 is 5.31. The van der Waals surface area contributed by atoms with E-state index in [1.807, 2.05) is 18.2 Å². The third-order valence-corrected chi connectivity index (χ3v) is 5.10. The maximum absolute atomic E-state index is 11.0. The molecular weight excluding hydrogens is 331 g/mol. The van der Waals surface area contributed by atoms with Crippen LogP contribution in [0.4, 0.5) is 0 Å². The molecule has 1 aliphatic rings. The Morgan fingerprint density at radius 2 is 1.44 bits per heavy atom. The van der Waals surface area contributed by atoms with Crippen LogP contribution in [0.2, 0.25) is 0 Å². The summed E-state index contributed by atoms with van der Waals surface area (Å²) in [6.07, 6.45) is 8.79. The number of carboxylic acid groups (broad SMARTS) is 1. The molecule has 3 nitrogen and oxygen atoms in total. The first-order chi connectivity index (χ1) is 12.8. The standard InChI is InChI=1S/C23H28O3.Li.H/c24-23(25)22-21(26-22)20-17-11-10-16-19(20)15-9-4-2-1-3-6-12-18-13-7-5-8-14-18;;/h5,7-8,10-11,13-14,16-17,21-22H,1-4,6,9,12,15H2,(H,24,25);;/q;+1;-1/t21-,22+;;/m0../s1. The first kappa shape index (κ1) is 21.8. The van der Waals surface area contributed by atoms with E-state index < -0.39 is 12.1 Å². The summed E-state index contributed by atoms with van der Waals surface area (Å²) in [5.74, 6) is -0.861. The van der Waals surface area contributed by atoms with Crippen molar-refractivity contribution in [3.63, 3.8) is 0 Å². The van der Waals surface area contributed by atoms with Gasteiger partial charge in [0, 0.05) is 0 Å². The molecule has 140 valence electrons. The second kappa shape index (κ2) is 11.3. The molecule has 1 heterocycles. The molecule has 0 unspecified atom stereocenters. The van der Waals surface area contributed by atoms with Gasteiger partial charge in [0.15, 0.2) is 6.10 Å². The molecule has 2 aromatic rings. The van der Waals surface area contributed by atoms with Gasteiger partial charge in [-0.2, -0.15) is 0 Å². The number of rotatable bonds is 11. The van der Waals surface area contributed by atoms with Crippen molar-refractivity contribution in [1.29, 1.82) is 0 Å². The van der Waals surface area contributed by atoms with E-state index in [9.17, 15) is 4.79 Å². The summed E-state index contributed by atoms with van der Waals surface area (Å²) in [5, 5.41) is 9.04. The molecule has 0 amide bonds. The average molecular weight is 360 g/mol. The Bertz CT molecular complexity index is 708. The van der Waals surface area contributed by atoms with E-state index in [1.165, 1.54) is 49.7 Å². The Labute approximate surface area is 175 Å². The SMILES string of the molecule is O=C(O)[C@@H]1O[C@H]1c1ccccc1CCCCCCCCc1ccccc1.[H-].[Li+]. The molecule has 1 saturated heterocycles. The van der Waals surface area contributed by atoms with E-state index in [2.05, 4.69) is 36.4 Å². The van der Waals surface area contributed by atoms with Crippen LogP contribution in [0.15, 0.2) is 54.6 Å². The summed E-state index contributed by atoms with van der Waals surface area (Å²) in [4.78, 5) is 11.0. The molecule has 27 heavy (non-hydrogen) atoms. The molecule has 1 N–H and O–H groups in total.